The highest BCUT2D eigenvalue weighted by atomic mass is 16.8. The van der Waals surface area contributed by atoms with Crippen LogP contribution in [0.2, 0.25) is 0 Å². The molecule has 0 saturated carbocycles. The highest BCUT2D eigenvalue weighted by Gasteiger charge is 2.89. The van der Waals surface area contributed by atoms with E-state index in [4.69, 9.17) is 42.6 Å². The predicted molar refractivity (Wildman–Crippen MR) is 291 cm³/mol. The Labute approximate surface area is 499 Å². The van der Waals surface area contributed by atoms with Gasteiger partial charge in [-0.25, -0.2) is 24.0 Å². The standard InChI is InChI=1S/C57H96O29/c1-33(2)35(5,28(58)59)79-54(24,46(16,74)40(33,10)68)84-51(21)37(7,30(62)63)81-56(26,48(18,76)43(51,13)71)86-53(23)39(9,32(66)67)82-57(27,49(19,77)45(53,15)73)85-52(22)38(8,31(64)65)80-55(25,47(17,75)44(52,14)72)83-50(20)36(6,29(60)61)78-34(3,4)41(11,69)42(50,12)70/h68-77H,1-27H3,(H,58,59)(H,60,61)(H,62,63)(H,64,65)(H,66,67)/t35?,36?,37?,38?,39?,40-,41?,42+,43?,44?,45-,46?,47?,48?,49?,50-,51-,52-,53-,54+,55+,56+,57+/m1/s1. The molecule has 15 N–H and O–H groups in total. The van der Waals surface area contributed by atoms with Gasteiger partial charge in [-0.15, -0.1) is 0 Å². The third-order valence-electron chi connectivity index (χ3n) is 24.9. The van der Waals surface area contributed by atoms with Crippen LogP contribution in [0.1, 0.15) is 187 Å². The van der Waals surface area contributed by atoms with E-state index >= 15 is 0 Å². The van der Waals surface area contributed by atoms with E-state index in [9.17, 15) is 101 Å². The molecule has 12 unspecified atom stereocenters. The van der Waals surface area contributed by atoms with Crippen LogP contribution < -0.4 is 0 Å². The van der Waals surface area contributed by atoms with E-state index in [1.54, 1.807) is 0 Å². The van der Waals surface area contributed by atoms with E-state index in [2.05, 4.69) is 0 Å². The topological polar surface area (TPSA) is 472 Å². The van der Waals surface area contributed by atoms with Gasteiger partial charge in [0, 0.05) is 5.41 Å². The summed E-state index contributed by atoms with van der Waals surface area (Å²) in [6.45, 7) is 25.0. The summed E-state index contributed by atoms with van der Waals surface area (Å²) in [5.74, 6) is -22.3. The summed E-state index contributed by atoms with van der Waals surface area (Å²) in [6.07, 6.45) is 0. The van der Waals surface area contributed by atoms with Gasteiger partial charge >= 0.3 is 29.8 Å². The molecule has 29 heteroatoms. The lowest BCUT2D eigenvalue weighted by molar-refractivity contribution is -0.542. The average molecular weight is 1250 g/mol. The van der Waals surface area contributed by atoms with E-state index in [1.807, 2.05) is 0 Å². The molecule has 0 bridgehead atoms. The molecular formula is C57H96O29. The number of hydrogen-bond acceptors (Lipinski definition) is 24. The first-order chi connectivity index (χ1) is 37.1. The molecule has 0 amide bonds. The van der Waals surface area contributed by atoms with Crippen LogP contribution in [-0.2, 0) is 66.6 Å². The molecule has 0 aliphatic carbocycles. The molecule has 498 valence electrons. The molecular weight excluding hydrogens is 1150 g/mol. The van der Waals surface area contributed by atoms with Crippen LogP contribution >= 0.6 is 0 Å². The Hall–Kier alpha value is -3.41. The van der Waals surface area contributed by atoms with Gasteiger partial charge in [-0.2, -0.15) is 0 Å². The van der Waals surface area contributed by atoms with Crippen LogP contribution in [0, 0.1) is 5.41 Å². The first-order valence-electron chi connectivity index (χ1n) is 27.8. The zero-order chi connectivity index (χ0) is 68.8. The van der Waals surface area contributed by atoms with Gasteiger partial charge in [0.25, 0.3) is 0 Å². The van der Waals surface area contributed by atoms with Crippen molar-refractivity contribution < 1.29 is 143 Å². The normalized spacial score (nSPS) is 58.1. The van der Waals surface area contributed by atoms with E-state index in [1.165, 1.54) is 27.7 Å². The van der Waals surface area contributed by atoms with Crippen molar-refractivity contribution in [3.63, 3.8) is 0 Å². The fourth-order valence-corrected chi connectivity index (χ4v) is 14.4. The summed E-state index contributed by atoms with van der Waals surface area (Å²) in [5, 5.41) is 183. The van der Waals surface area contributed by atoms with E-state index in [0.717, 1.165) is 159 Å². The van der Waals surface area contributed by atoms with E-state index in [0.29, 0.717) is 0 Å². The monoisotopic (exact) mass is 1240 g/mol. The molecule has 5 aliphatic rings. The Balaban J connectivity index is 1.73. The van der Waals surface area contributed by atoms with Gasteiger partial charge in [0.2, 0.25) is 0 Å². The predicted octanol–water partition coefficient (Wildman–Crippen LogP) is 0.635. The van der Waals surface area contributed by atoms with Crippen LogP contribution in [0.25, 0.3) is 0 Å². The smallest absolute Gasteiger partial charge is 0.338 e. The highest BCUT2D eigenvalue weighted by Crippen LogP contribution is 2.68. The second-order valence-electron chi connectivity index (χ2n) is 29.4. The van der Waals surface area contributed by atoms with E-state index < -0.39 is 170 Å². The highest BCUT2D eigenvalue weighted by molar-refractivity contribution is 5.83. The molecule has 0 aromatic heterocycles. The van der Waals surface area contributed by atoms with Crippen molar-refractivity contribution in [2.45, 2.75) is 322 Å². The summed E-state index contributed by atoms with van der Waals surface area (Å²) in [6, 6.07) is 0. The molecule has 29 nitrogen and oxygen atoms in total. The number of aliphatic carboxylic acids is 5. The second kappa shape index (κ2) is 18.2. The molecule has 5 rings (SSSR count). The number of aliphatic hydroxyl groups is 10. The van der Waals surface area contributed by atoms with Gasteiger partial charge in [-0.3, -0.25) is 0 Å². The van der Waals surface area contributed by atoms with Crippen LogP contribution in [0.5, 0.6) is 0 Å². The summed E-state index contributed by atoms with van der Waals surface area (Å²) >= 11 is 0. The molecule has 5 heterocycles. The lowest BCUT2D eigenvalue weighted by atomic mass is 9.54. The Morgan fingerprint density at radius 2 is 0.395 bits per heavy atom. The van der Waals surface area contributed by atoms with Gasteiger partial charge in [-0.1, -0.05) is 13.8 Å². The minimum atomic E-state index is -3.36. The Bertz CT molecular complexity index is 2870. The molecule has 0 radical (unpaired) electrons. The summed E-state index contributed by atoms with van der Waals surface area (Å²) in [5.41, 5.74) is -61.3. The molecule has 5 aliphatic heterocycles. The zero-order valence-electron chi connectivity index (χ0n) is 54.4. The number of carboxylic acids is 5. The number of ether oxygens (including phenoxy) is 9. The average Bonchev–Trinajstić information content (AvgIpc) is 0.671. The van der Waals surface area contributed by atoms with Gasteiger partial charge in [0.05, 0.1) is 5.60 Å². The van der Waals surface area contributed by atoms with Crippen LogP contribution in [0.4, 0.5) is 0 Å². The van der Waals surface area contributed by atoms with Crippen LogP contribution in [-0.4, -0.2) is 242 Å². The molecule has 5 saturated heterocycles. The first-order valence-corrected chi connectivity index (χ1v) is 27.8. The molecule has 0 spiro atoms. The Morgan fingerprint density at radius 3 is 0.593 bits per heavy atom. The van der Waals surface area contributed by atoms with E-state index in [-0.39, 0.29) is 0 Å². The number of hydrogen-bond donors (Lipinski definition) is 15. The molecule has 0 aromatic carbocycles. The van der Waals surface area contributed by atoms with Crippen molar-refractivity contribution in [1.82, 2.24) is 0 Å². The molecule has 0 aromatic rings. The SMILES string of the molecule is CC1(C)OC(C)(C(=O)O)[C@@](C)(O[C@]2(C)OC(C)(C(=O)O)[C@@](C)(O[C@]3(C)OC(C)(C(=O)O)[C@@](C)(O[C@]4(C)OC(C)(C(=O)O)[C@@](C)(O[C@]5(C)OC(C)(C(=O)O)C(C)(C)[C@@](C)(O)C5(C)O)C(C)(O)C4(C)O)[C@](C)(O)C3(C)O)C(C)(O)C2(C)O)[C@@](C)(O)C1(C)O. The van der Waals surface area contributed by atoms with Crippen molar-refractivity contribution in [1.29, 1.82) is 0 Å². The van der Waals surface area contributed by atoms with Crippen LogP contribution in [0.15, 0.2) is 0 Å². The van der Waals surface area contributed by atoms with Gasteiger partial charge < -0.3 is 119 Å². The third kappa shape index (κ3) is 7.52. The first kappa shape index (κ1) is 73.3. The summed E-state index contributed by atoms with van der Waals surface area (Å²) < 4.78 is 56.9. The van der Waals surface area contributed by atoms with Crippen molar-refractivity contribution in [3.05, 3.63) is 0 Å². The lowest BCUT2D eigenvalue weighted by Crippen LogP contribution is -2.93. The van der Waals surface area contributed by atoms with Crippen molar-refractivity contribution >= 4 is 29.8 Å². The van der Waals surface area contributed by atoms with Crippen molar-refractivity contribution in [2.24, 2.45) is 5.41 Å². The summed E-state index contributed by atoms with van der Waals surface area (Å²) in [7, 11) is 0. The largest absolute Gasteiger partial charge is 0.479 e. The zero-order valence-corrected chi connectivity index (χ0v) is 54.4. The molecule has 5 fully saturated rings. The number of carbonyl (C=O) groups is 5. The third-order valence-corrected chi connectivity index (χ3v) is 24.9. The quantitative estimate of drug-likeness (QED) is 0.120. The fraction of sp³-hybridized carbons (Fsp3) is 0.912. The second-order valence-corrected chi connectivity index (χ2v) is 29.4. The van der Waals surface area contributed by atoms with Crippen LogP contribution in [0.3, 0.4) is 0 Å². The fourth-order valence-electron chi connectivity index (χ4n) is 14.4. The van der Waals surface area contributed by atoms with Crippen molar-refractivity contribution in [3.8, 4) is 0 Å². The minimum Gasteiger partial charge on any atom is -0.479 e. The Kier molecular flexibility index (Phi) is 15.5. The van der Waals surface area contributed by atoms with Crippen molar-refractivity contribution in [2.75, 3.05) is 0 Å². The maximum atomic E-state index is 14.2. The van der Waals surface area contributed by atoms with Gasteiger partial charge in [-0.05, 0) is 173 Å². The number of carboxylic acid groups (broad SMARTS) is 5. The maximum Gasteiger partial charge on any atom is 0.338 e. The summed E-state index contributed by atoms with van der Waals surface area (Å²) in [4.78, 5) is 68.7. The molecule has 23 atom stereocenters. The number of rotatable bonds is 13. The molecule has 86 heavy (non-hydrogen) atoms. The lowest BCUT2D eigenvalue weighted by Gasteiger charge is -2.73. The maximum absolute atomic E-state index is 14.2. The minimum absolute atomic E-state index is 0.725. The van der Waals surface area contributed by atoms with Gasteiger partial charge in [0.1, 0.15) is 78.4 Å². The van der Waals surface area contributed by atoms with Gasteiger partial charge in [0.15, 0.2) is 51.2 Å². The Morgan fingerprint density at radius 1 is 0.233 bits per heavy atom.